The number of para-hydroxylation sites is 1. The molecule has 80 valence electrons. The van der Waals surface area contributed by atoms with Gasteiger partial charge in [0.15, 0.2) is 0 Å². The highest BCUT2D eigenvalue weighted by atomic mass is 16.2. The summed E-state index contributed by atoms with van der Waals surface area (Å²) in [7, 11) is 1.78. The molecular weight excluding hydrogens is 190 g/mol. The fourth-order valence-electron chi connectivity index (χ4n) is 1.33. The zero-order valence-electron chi connectivity index (χ0n) is 8.76. The third-order valence-corrected chi connectivity index (χ3v) is 1.94. The van der Waals surface area contributed by atoms with Crippen molar-refractivity contribution in [2.75, 3.05) is 18.6 Å². The summed E-state index contributed by atoms with van der Waals surface area (Å²) in [6.07, 6.45) is 1.71. The maximum absolute atomic E-state index is 11.3. The van der Waals surface area contributed by atoms with Crippen LogP contribution in [0, 0.1) is 0 Å². The van der Waals surface area contributed by atoms with E-state index in [0.717, 1.165) is 5.69 Å². The van der Waals surface area contributed by atoms with Crippen molar-refractivity contribution in [3.63, 3.8) is 0 Å². The Balaban J connectivity index is 2.93. The van der Waals surface area contributed by atoms with Crippen molar-refractivity contribution in [1.82, 2.24) is 5.01 Å². The number of urea groups is 1. The first-order valence-corrected chi connectivity index (χ1v) is 4.63. The van der Waals surface area contributed by atoms with E-state index in [1.807, 2.05) is 30.3 Å². The first kappa shape index (κ1) is 11.3. The number of primary amides is 1. The van der Waals surface area contributed by atoms with E-state index in [0.29, 0.717) is 6.54 Å². The second kappa shape index (κ2) is 5.17. The highest BCUT2D eigenvalue weighted by Crippen LogP contribution is 2.14. The van der Waals surface area contributed by atoms with Crippen molar-refractivity contribution in [3.8, 4) is 0 Å². The quantitative estimate of drug-likeness (QED) is 0.599. The van der Waals surface area contributed by atoms with E-state index >= 15 is 0 Å². The Morgan fingerprint density at radius 3 is 2.53 bits per heavy atom. The van der Waals surface area contributed by atoms with Crippen molar-refractivity contribution in [2.45, 2.75) is 0 Å². The van der Waals surface area contributed by atoms with Crippen LogP contribution < -0.4 is 10.7 Å². The largest absolute Gasteiger partial charge is 0.350 e. The van der Waals surface area contributed by atoms with Gasteiger partial charge in [-0.15, -0.1) is 6.58 Å². The number of benzene rings is 1. The van der Waals surface area contributed by atoms with E-state index in [2.05, 4.69) is 6.58 Å². The molecule has 1 rings (SSSR count). The highest BCUT2D eigenvalue weighted by Gasteiger charge is 2.15. The molecule has 2 N–H and O–H groups in total. The van der Waals surface area contributed by atoms with Crippen LogP contribution in [0.4, 0.5) is 10.5 Å². The minimum Gasteiger partial charge on any atom is -0.350 e. The number of rotatable bonds is 4. The number of hydrazine groups is 1. The van der Waals surface area contributed by atoms with E-state index < -0.39 is 6.03 Å². The van der Waals surface area contributed by atoms with Crippen LogP contribution >= 0.6 is 0 Å². The van der Waals surface area contributed by atoms with Gasteiger partial charge in [-0.25, -0.2) is 14.8 Å². The van der Waals surface area contributed by atoms with E-state index in [9.17, 15) is 4.79 Å². The van der Waals surface area contributed by atoms with Crippen molar-refractivity contribution in [3.05, 3.63) is 43.0 Å². The topological polar surface area (TPSA) is 49.6 Å². The molecule has 0 bridgehead atoms. The Hall–Kier alpha value is -1.81. The molecule has 2 amide bonds. The van der Waals surface area contributed by atoms with Gasteiger partial charge >= 0.3 is 6.03 Å². The summed E-state index contributed by atoms with van der Waals surface area (Å²) in [5.41, 5.74) is 6.06. The number of likely N-dealkylation sites (N-methyl/N-ethyl adjacent to an activating group) is 1. The molecule has 1 aromatic rings. The Kier molecular flexibility index (Phi) is 3.88. The fourth-order valence-corrected chi connectivity index (χ4v) is 1.33. The molecular formula is C11H15N3O. The average Bonchev–Trinajstić information content (AvgIpc) is 2.19. The molecule has 0 fully saturated rings. The van der Waals surface area contributed by atoms with Crippen LogP contribution in [0.2, 0.25) is 0 Å². The predicted molar refractivity (Wildman–Crippen MR) is 61.3 cm³/mol. The molecule has 4 nitrogen and oxygen atoms in total. The molecule has 0 aliphatic rings. The van der Waals surface area contributed by atoms with Crippen LogP contribution in [0.15, 0.2) is 43.0 Å². The maximum atomic E-state index is 11.3. The second-order valence-corrected chi connectivity index (χ2v) is 3.11. The van der Waals surface area contributed by atoms with Gasteiger partial charge in [0.05, 0.1) is 5.69 Å². The zero-order valence-corrected chi connectivity index (χ0v) is 8.76. The smallest absolute Gasteiger partial charge is 0.334 e. The first-order chi connectivity index (χ1) is 7.16. The van der Waals surface area contributed by atoms with Crippen LogP contribution in [0.1, 0.15) is 0 Å². The highest BCUT2D eigenvalue weighted by molar-refractivity contribution is 5.89. The van der Waals surface area contributed by atoms with Crippen LogP contribution in [-0.4, -0.2) is 24.6 Å². The van der Waals surface area contributed by atoms with Gasteiger partial charge in [0.25, 0.3) is 0 Å². The lowest BCUT2D eigenvalue weighted by Gasteiger charge is -2.29. The summed E-state index contributed by atoms with van der Waals surface area (Å²) in [4.78, 5) is 11.3. The lowest BCUT2D eigenvalue weighted by atomic mass is 10.3. The normalized spacial score (nSPS) is 10.0. The first-order valence-electron chi connectivity index (χ1n) is 4.63. The number of nitrogens with two attached hydrogens (primary N) is 1. The molecule has 0 saturated heterocycles. The van der Waals surface area contributed by atoms with Crippen molar-refractivity contribution < 1.29 is 4.79 Å². The van der Waals surface area contributed by atoms with Crippen LogP contribution in [0.5, 0.6) is 0 Å². The molecule has 0 heterocycles. The summed E-state index contributed by atoms with van der Waals surface area (Å²) in [5.74, 6) is 0. The molecule has 0 aliphatic heterocycles. The van der Waals surface area contributed by atoms with Gasteiger partial charge in [-0.2, -0.15) is 0 Å². The zero-order chi connectivity index (χ0) is 11.3. The molecule has 4 heteroatoms. The molecule has 0 radical (unpaired) electrons. The lowest BCUT2D eigenvalue weighted by Crippen LogP contribution is -2.47. The van der Waals surface area contributed by atoms with E-state index in [1.54, 1.807) is 18.1 Å². The number of carbonyl (C=O) groups is 1. The standard InChI is InChI=1S/C11H15N3O/c1-3-9-13(2)14(11(12)15)10-7-5-4-6-8-10/h3-8H,1,9H2,2H3,(H2,12,15). The van der Waals surface area contributed by atoms with Gasteiger partial charge < -0.3 is 5.73 Å². The predicted octanol–water partition coefficient (Wildman–Crippen LogP) is 1.60. The monoisotopic (exact) mass is 205 g/mol. The molecule has 0 atom stereocenters. The summed E-state index contributed by atoms with van der Waals surface area (Å²) >= 11 is 0. The molecule has 15 heavy (non-hydrogen) atoms. The van der Waals surface area contributed by atoms with E-state index in [4.69, 9.17) is 5.73 Å². The van der Waals surface area contributed by atoms with Crippen LogP contribution in [0.3, 0.4) is 0 Å². The molecule has 0 saturated carbocycles. The molecule has 0 spiro atoms. The summed E-state index contributed by atoms with van der Waals surface area (Å²) in [6.45, 7) is 4.17. The molecule has 0 unspecified atom stereocenters. The van der Waals surface area contributed by atoms with Crippen LogP contribution in [-0.2, 0) is 0 Å². The van der Waals surface area contributed by atoms with Gasteiger partial charge in [-0.3, -0.25) is 0 Å². The van der Waals surface area contributed by atoms with E-state index in [1.165, 1.54) is 5.01 Å². The third kappa shape index (κ3) is 2.82. The summed E-state index contributed by atoms with van der Waals surface area (Å²) in [6, 6.07) is 8.73. The third-order valence-electron chi connectivity index (χ3n) is 1.94. The van der Waals surface area contributed by atoms with Gasteiger partial charge in [0, 0.05) is 13.6 Å². The number of hydrogen-bond donors (Lipinski definition) is 1. The maximum Gasteiger partial charge on any atom is 0.334 e. The minimum atomic E-state index is -0.509. The molecule has 1 aromatic carbocycles. The van der Waals surface area contributed by atoms with Crippen molar-refractivity contribution in [1.29, 1.82) is 0 Å². The van der Waals surface area contributed by atoms with Crippen molar-refractivity contribution in [2.24, 2.45) is 5.73 Å². The van der Waals surface area contributed by atoms with Gasteiger partial charge in [-0.05, 0) is 12.1 Å². The lowest BCUT2D eigenvalue weighted by molar-refractivity contribution is 0.235. The Morgan fingerprint density at radius 2 is 2.07 bits per heavy atom. The second-order valence-electron chi connectivity index (χ2n) is 3.11. The number of nitrogens with zero attached hydrogens (tertiary/aromatic N) is 2. The van der Waals surface area contributed by atoms with E-state index in [-0.39, 0.29) is 0 Å². The molecule has 0 aromatic heterocycles. The average molecular weight is 205 g/mol. The summed E-state index contributed by atoms with van der Waals surface area (Å²) in [5, 5.41) is 3.10. The Bertz CT molecular complexity index is 337. The Morgan fingerprint density at radius 1 is 1.47 bits per heavy atom. The van der Waals surface area contributed by atoms with Crippen molar-refractivity contribution >= 4 is 11.7 Å². The van der Waals surface area contributed by atoms with Gasteiger partial charge in [-0.1, -0.05) is 24.3 Å². The van der Waals surface area contributed by atoms with Gasteiger partial charge in [0.1, 0.15) is 0 Å². The minimum absolute atomic E-state index is 0.509. The number of hydrogen-bond acceptors (Lipinski definition) is 2. The number of anilines is 1. The van der Waals surface area contributed by atoms with Gasteiger partial charge in [0.2, 0.25) is 0 Å². The number of carbonyl (C=O) groups excluding carboxylic acids is 1. The molecule has 0 aliphatic carbocycles. The number of amides is 2. The van der Waals surface area contributed by atoms with Crippen LogP contribution in [0.25, 0.3) is 0 Å². The summed E-state index contributed by atoms with van der Waals surface area (Å²) < 4.78 is 0. The Labute approximate surface area is 89.6 Å². The fraction of sp³-hybridized carbons (Fsp3) is 0.182. The SMILES string of the molecule is C=CCN(C)N(C(N)=O)c1ccccc1.